The van der Waals surface area contributed by atoms with E-state index in [2.05, 4.69) is 9.72 Å². The van der Waals surface area contributed by atoms with Crippen molar-refractivity contribution in [3.05, 3.63) is 23.4 Å². The third-order valence-electron chi connectivity index (χ3n) is 2.25. The number of anilines is 1. The number of carbonyl (C=O) groups excluding carboxylic acids is 1. The van der Waals surface area contributed by atoms with Crippen molar-refractivity contribution < 1.29 is 22.7 Å². The Morgan fingerprint density at radius 1 is 1.44 bits per heavy atom. The molecule has 0 radical (unpaired) electrons. The molecule has 0 saturated carbocycles. The summed E-state index contributed by atoms with van der Waals surface area (Å²) in [5.41, 5.74) is -0.557. The Bertz CT molecular complexity index is 446. The number of likely N-dealkylation sites (N-methyl/N-ethyl adjacent to an activating group) is 1. The second-order valence-electron chi connectivity index (χ2n) is 3.79. The third kappa shape index (κ3) is 3.61. The Labute approximate surface area is 102 Å². The van der Waals surface area contributed by atoms with Crippen LogP contribution in [-0.4, -0.2) is 31.7 Å². The molecular weight excluding hydrogens is 249 g/mol. The Balaban J connectivity index is 3.03. The van der Waals surface area contributed by atoms with Crippen LogP contribution in [0.5, 0.6) is 0 Å². The van der Waals surface area contributed by atoms with Gasteiger partial charge in [-0.05, 0) is 19.1 Å². The van der Waals surface area contributed by atoms with Crippen LogP contribution < -0.4 is 4.90 Å². The molecule has 0 bridgehead atoms. The number of hydrogen-bond donors (Lipinski definition) is 0. The van der Waals surface area contributed by atoms with Crippen molar-refractivity contribution in [2.45, 2.75) is 13.1 Å². The van der Waals surface area contributed by atoms with E-state index in [4.69, 9.17) is 0 Å². The summed E-state index contributed by atoms with van der Waals surface area (Å²) in [5.74, 6) is -0.470. The van der Waals surface area contributed by atoms with Crippen molar-refractivity contribution in [1.82, 2.24) is 4.98 Å². The van der Waals surface area contributed by atoms with Gasteiger partial charge < -0.3 is 9.64 Å². The van der Waals surface area contributed by atoms with E-state index in [-0.39, 0.29) is 18.1 Å². The monoisotopic (exact) mass is 262 g/mol. The number of hydrogen-bond acceptors (Lipinski definition) is 4. The molecule has 4 nitrogen and oxygen atoms in total. The average Bonchev–Trinajstić information content (AvgIpc) is 2.26. The van der Waals surface area contributed by atoms with Crippen LogP contribution in [0.25, 0.3) is 0 Å². The second kappa shape index (κ2) is 5.24. The van der Waals surface area contributed by atoms with Gasteiger partial charge in [-0.3, -0.25) is 4.79 Å². The lowest BCUT2D eigenvalue weighted by atomic mass is 10.2. The lowest BCUT2D eigenvalue weighted by Gasteiger charge is -2.18. The van der Waals surface area contributed by atoms with Crippen LogP contribution >= 0.6 is 0 Å². The Hall–Kier alpha value is -1.79. The summed E-state index contributed by atoms with van der Waals surface area (Å²) in [4.78, 5) is 16.3. The van der Waals surface area contributed by atoms with Crippen molar-refractivity contribution in [3.8, 4) is 0 Å². The summed E-state index contributed by atoms with van der Waals surface area (Å²) in [5, 5.41) is 0. The number of halogens is 3. The zero-order valence-electron chi connectivity index (χ0n) is 10.2. The van der Waals surface area contributed by atoms with Crippen LogP contribution in [0.15, 0.2) is 12.1 Å². The molecule has 0 fully saturated rings. The highest BCUT2D eigenvalue weighted by atomic mass is 19.4. The first-order chi connectivity index (χ1) is 8.24. The van der Waals surface area contributed by atoms with Crippen LogP contribution in [0.4, 0.5) is 19.0 Å². The zero-order chi connectivity index (χ0) is 13.9. The van der Waals surface area contributed by atoms with Crippen molar-refractivity contribution in [3.63, 3.8) is 0 Å². The molecule has 100 valence electrons. The van der Waals surface area contributed by atoms with Crippen LogP contribution in [-0.2, 0) is 15.7 Å². The van der Waals surface area contributed by atoms with Crippen molar-refractivity contribution in [2.24, 2.45) is 0 Å². The fraction of sp³-hybridized carbons (Fsp3) is 0.455. The maximum Gasteiger partial charge on any atom is 0.416 e. The number of rotatable bonds is 3. The smallest absolute Gasteiger partial charge is 0.416 e. The minimum absolute atomic E-state index is 0.0766. The number of methoxy groups -OCH3 is 1. The Morgan fingerprint density at radius 2 is 2.06 bits per heavy atom. The molecular formula is C11H13F3N2O2. The summed E-state index contributed by atoms with van der Waals surface area (Å²) >= 11 is 0. The van der Waals surface area contributed by atoms with Gasteiger partial charge in [-0.2, -0.15) is 13.2 Å². The number of aryl methyl sites for hydroxylation is 1. The first-order valence-electron chi connectivity index (χ1n) is 5.08. The summed E-state index contributed by atoms with van der Waals surface area (Å²) in [7, 11) is 2.68. The molecule has 1 aromatic heterocycles. The molecule has 0 aromatic carbocycles. The summed E-state index contributed by atoms with van der Waals surface area (Å²) in [6.07, 6.45) is -4.44. The number of esters is 1. The molecule has 0 aliphatic heterocycles. The second-order valence-corrected chi connectivity index (χ2v) is 3.79. The SMILES string of the molecule is COC(=O)CN(C)c1cc(C(F)(F)F)cc(C)n1. The van der Waals surface area contributed by atoms with Crippen molar-refractivity contribution >= 4 is 11.8 Å². The molecule has 1 heterocycles. The van der Waals surface area contributed by atoms with Gasteiger partial charge in [-0.15, -0.1) is 0 Å². The van der Waals surface area contributed by atoms with Crippen LogP contribution in [0.2, 0.25) is 0 Å². The van der Waals surface area contributed by atoms with E-state index in [9.17, 15) is 18.0 Å². The highest BCUT2D eigenvalue weighted by Crippen LogP contribution is 2.31. The average molecular weight is 262 g/mol. The van der Waals surface area contributed by atoms with Crippen molar-refractivity contribution in [2.75, 3.05) is 25.6 Å². The molecule has 0 saturated heterocycles. The molecule has 0 aliphatic carbocycles. The van der Waals surface area contributed by atoms with Gasteiger partial charge >= 0.3 is 12.1 Å². The Morgan fingerprint density at radius 3 is 2.56 bits per heavy atom. The van der Waals surface area contributed by atoms with E-state index in [1.165, 1.54) is 26.0 Å². The molecule has 0 aliphatic rings. The fourth-order valence-electron chi connectivity index (χ4n) is 1.35. The molecule has 0 atom stereocenters. The third-order valence-corrected chi connectivity index (χ3v) is 2.25. The van der Waals surface area contributed by atoms with Crippen LogP contribution in [0.3, 0.4) is 0 Å². The number of ether oxygens (including phenoxy) is 1. The molecule has 0 spiro atoms. The number of pyridine rings is 1. The minimum Gasteiger partial charge on any atom is -0.468 e. The Kier molecular flexibility index (Phi) is 4.15. The van der Waals surface area contributed by atoms with Gasteiger partial charge in [0.25, 0.3) is 0 Å². The largest absolute Gasteiger partial charge is 0.468 e. The normalized spacial score (nSPS) is 11.2. The van der Waals surface area contributed by atoms with E-state index >= 15 is 0 Å². The lowest BCUT2D eigenvalue weighted by Crippen LogP contribution is -2.27. The summed E-state index contributed by atoms with van der Waals surface area (Å²) in [6.45, 7) is 1.30. The van der Waals surface area contributed by atoms with E-state index in [0.29, 0.717) is 0 Å². The molecule has 1 aromatic rings. The number of nitrogens with zero attached hydrogens (tertiary/aromatic N) is 2. The van der Waals surface area contributed by atoms with Gasteiger partial charge in [0.2, 0.25) is 0 Å². The van der Waals surface area contributed by atoms with Gasteiger partial charge in [0.15, 0.2) is 0 Å². The van der Waals surface area contributed by atoms with Gasteiger partial charge in [0.1, 0.15) is 12.4 Å². The van der Waals surface area contributed by atoms with Crippen molar-refractivity contribution in [1.29, 1.82) is 0 Å². The van der Waals surface area contributed by atoms with Gasteiger partial charge in [-0.1, -0.05) is 0 Å². The van der Waals surface area contributed by atoms with Gasteiger partial charge in [0, 0.05) is 12.7 Å². The minimum atomic E-state index is -4.44. The first kappa shape index (κ1) is 14.3. The number of alkyl halides is 3. The molecule has 18 heavy (non-hydrogen) atoms. The van der Waals surface area contributed by atoms with E-state index in [1.807, 2.05) is 0 Å². The number of carbonyl (C=O) groups is 1. The molecule has 0 amide bonds. The van der Waals surface area contributed by atoms with Crippen LogP contribution in [0, 0.1) is 6.92 Å². The predicted molar refractivity (Wildman–Crippen MR) is 59.3 cm³/mol. The highest BCUT2D eigenvalue weighted by molar-refractivity contribution is 5.75. The molecule has 0 unspecified atom stereocenters. The van der Waals surface area contributed by atoms with E-state index < -0.39 is 17.7 Å². The lowest BCUT2D eigenvalue weighted by molar-refractivity contribution is -0.139. The maximum atomic E-state index is 12.6. The first-order valence-corrected chi connectivity index (χ1v) is 5.08. The molecule has 0 N–H and O–H groups in total. The maximum absolute atomic E-state index is 12.6. The van der Waals surface area contributed by atoms with Gasteiger partial charge in [0.05, 0.1) is 12.7 Å². The molecule has 7 heteroatoms. The standard InChI is InChI=1S/C11H13F3N2O2/c1-7-4-8(11(12,13)14)5-9(15-7)16(2)6-10(17)18-3/h4-5H,6H2,1-3H3. The predicted octanol–water partition coefficient (Wildman–Crippen LogP) is 2.02. The highest BCUT2D eigenvalue weighted by Gasteiger charge is 2.31. The van der Waals surface area contributed by atoms with Gasteiger partial charge in [-0.25, -0.2) is 4.98 Å². The topological polar surface area (TPSA) is 42.4 Å². The summed E-state index contributed by atoms with van der Waals surface area (Å²) < 4.78 is 42.2. The van der Waals surface area contributed by atoms with E-state index in [0.717, 1.165) is 12.1 Å². The zero-order valence-corrected chi connectivity index (χ0v) is 10.2. The fourth-order valence-corrected chi connectivity index (χ4v) is 1.35. The van der Waals surface area contributed by atoms with Crippen LogP contribution in [0.1, 0.15) is 11.3 Å². The molecule has 1 rings (SSSR count). The summed E-state index contributed by atoms with van der Waals surface area (Å²) in [6, 6.07) is 1.85. The quantitative estimate of drug-likeness (QED) is 0.781. The number of aromatic nitrogens is 1. The van der Waals surface area contributed by atoms with E-state index in [1.54, 1.807) is 0 Å².